The molecule has 1 aromatic carbocycles. The van der Waals surface area contributed by atoms with Crippen molar-refractivity contribution in [3.05, 3.63) is 23.8 Å². The Bertz CT molecular complexity index is 372. The van der Waals surface area contributed by atoms with Crippen LogP contribution in [0.1, 0.15) is 24.3 Å². The molecule has 0 spiro atoms. The van der Waals surface area contributed by atoms with Gasteiger partial charge in [0.1, 0.15) is 0 Å². The van der Waals surface area contributed by atoms with E-state index in [1.54, 1.807) is 0 Å². The van der Waals surface area contributed by atoms with E-state index >= 15 is 0 Å². The van der Waals surface area contributed by atoms with Gasteiger partial charge in [0.25, 0.3) is 0 Å². The molecule has 0 bridgehead atoms. The number of benzene rings is 1. The Kier molecular flexibility index (Phi) is 3.06. The molecule has 2 aliphatic rings. The van der Waals surface area contributed by atoms with Gasteiger partial charge in [0.15, 0.2) is 0 Å². The Morgan fingerprint density at radius 2 is 2.25 bits per heavy atom. The zero-order valence-corrected chi connectivity index (χ0v) is 10.3. The van der Waals surface area contributed by atoms with Gasteiger partial charge in [-0.05, 0) is 43.0 Å². The highest BCUT2D eigenvalue weighted by molar-refractivity contribution is 7.99. The first kappa shape index (κ1) is 10.5. The highest BCUT2D eigenvalue weighted by Crippen LogP contribution is 2.34. The zero-order valence-electron chi connectivity index (χ0n) is 9.46. The second-order valence-corrected chi connectivity index (χ2v) is 5.71. The van der Waals surface area contributed by atoms with Crippen LogP contribution in [0.15, 0.2) is 23.1 Å². The SMILES string of the molecule is c1cc2c(cc1C1CCCNC1)SCCN2. The van der Waals surface area contributed by atoms with Crippen LogP contribution in [-0.4, -0.2) is 25.4 Å². The van der Waals surface area contributed by atoms with Crippen molar-refractivity contribution >= 4 is 17.4 Å². The number of anilines is 1. The smallest absolute Gasteiger partial charge is 0.0478 e. The minimum absolute atomic E-state index is 0.724. The first-order valence-corrected chi connectivity index (χ1v) is 7.13. The maximum absolute atomic E-state index is 3.49. The molecule has 0 aliphatic carbocycles. The summed E-state index contributed by atoms with van der Waals surface area (Å²) in [6, 6.07) is 6.95. The van der Waals surface area contributed by atoms with Gasteiger partial charge < -0.3 is 10.6 Å². The summed E-state index contributed by atoms with van der Waals surface area (Å²) in [6.45, 7) is 3.44. The lowest BCUT2D eigenvalue weighted by Crippen LogP contribution is -2.28. The van der Waals surface area contributed by atoms with Crippen LogP contribution >= 0.6 is 11.8 Å². The highest BCUT2D eigenvalue weighted by atomic mass is 32.2. The quantitative estimate of drug-likeness (QED) is 0.781. The van der Waals surface area contributed by atoms with Crippen LogP contribution in [0, 0.1) is 0 Å². The fourth-order valence-corrected chi connectivity index (χ4v) is 3.48. The molecule has 1 saturated heterocycles. The van der Waals surface area contributed by atoms with Gasteiger partial charge in [0, 0.05) is 29.4 Å². The molecule has 1 fully saturated rings. The van der Waals surface area contributed by atoms with Crippen molar-refractivity contribution in [2.24, 2.45) is 0 Å². The molecule has 1 atom stereocenters. The third kappa shape index (κ3) is 2.06. The first-order valence-electron chi connectivity index (χ1n) is 6.15. The van der Waals surface area contributed by atoms with Crippen LogP contribution < -0.4 is 10.6 Å². The van der Waals surface area contributed by atoms with Crippen LogP contribution in [0.5, 0.6) is 0 Å². The van der Waals surface area contributed by atoms with E-state index in [2.05, 4.69) is 28.8 Å². The Morgan fingerprint density at radius 1 is 1.25 bits per heavy atom. The molecule has 2 N–H and O–H groups in total. The molecule has 1 aromatic rings. The van der Waals surface area contributed by atoms with Crippen molar-refractivity contribution in [2.45, 2.75) is 23.7 Å². The average molecular weight is 234 g/mol. The number of fused-ring (bicyclic) bond motifs is 1. The molecular formula is C13H18N2S. The normalized spacial score (nSPS) is 24.6. The Labute approximate surface area is 101 Å². The summed E-state index contributed by atoms with van der Waals surface area (Å²) >= 11 is 1.98. The van der Waals surface area contributed by atoms with Crippen molar-refractivity contribution < 1.29 is 0 Å². The second-order valence-electron chi connectivity index (χ2n) is 4.57. The van der Waals surface area contributed by atoms with Crippen LogP contribution in [0.25, 0.3) is 0 Å². The minimum Gasteiger partial charge on any atom is -0.383 e. The van der Waals surface area contributed by atoms with Gasteiger partial charge in [0.2, 0.25) is 0 Å². The van der Waals surface area contributed by atoms with Gasteiger partial charge in [-0.25, -0.2) is 0 Å². The van der Waals surface area contributed by atoms with Gasteiger partial charge in [-0.15, -0.1) is 11.8 Å². The standard InChI is InChI=1S/C13H18N2S/c1-2-11(9-14-5-1)10-3-4-12-13(8-10)16-7-6-15-12/h3-4,8,11,14-15H,1-2,5-7,9H2. The molecule has 1 unspecified atom stereocenters. The lowest BCUT2D eigenvalue weighted by Gasteiger charge is -2.25. The van der Waals surface area contributed by atoms with E-state index in [9.17, 15) is 0 Å². The Morgan fingerprint density at radius 3 is 3.12 bits per heavy atom. The van der Waals surface area contributed by atoms with Crippen LogP contribution in [0.2, 0.25) is 0 Å². The summed E-state index contributed by atoms with van der Waals surface area (Å²) < 4.78 is 0. The average Bonchev–Trinajstić information content (AvgIpc) is 2.39. The minimum atomic E-state index is 0.724. The predicted molar refractivity (Wildman–Crippen MR) is 70.5 cm³/mol. The lowest BCUT2D eigenvalue weighted by molar-refractivity contribution is 0.461. The van der Waals surface area contributed by atoms with Gasteiger partial charge in [-0.1, -0.05) is 6.07 Å². The van der Waals surface area contributed by atoms with E-state index in [1.165, 1.54) is 41.3 Å². The molecule has 3 rings (SSSR count). The van der Waals surface area contributed by atoms with Crippen molar-refractivity contribution in [2.75, 3.05) is 30.7 Å². The van der Waals surface area contributed by atoms with E-state index in [-0.39, 0.29) is 0 Å². The summed E-state index contributed by atoms with van der Waals surface area (Å²) in [5.74, 6) is 1.92. The van der Waals surface area contributed by atoms with Gasteiger partial charge in [-0.2, -0.15) is 0 Å². The predicted octanol–water partition coefficient (Wildman–Crippen LogP) is 2.67. The molecule has 86 valence electrons. The van der Waals surface area contributed by atoms with E-state index in [0.717, 1.165) is 19.0 Å². The lowest BCUT2D eigenvalue weighted by atomic mass is 9.91. The number of piperidine rings is 1. The fraction of sp³-hybridized carbons (Fsp3) is 0.538. The van der Waals surface area contributed by atoms with Crippen molar-refractivity contribution in [3.63, 3.8) is 0 Å². The monoisotopic (exact) mass is 234 g/mol. The molecule has 0 aromatic heterocycles. The third-order valence-electron chi connectivity index (χ3n) is 3.45. The fourth-order valence-electron chi connectivity index (χ4n) is 2.54. The Balaban J connectivity index is 1.84. The largest absolute Gasteiger partial charge is 0.383 e. The summed E-state index contributed by atoms with van der Waals surface area (Å²) in [5, 5.41) is 6.95. The molecule has 2 nitrogen and oxygen atoms in total. The number of thioether (sulfide) groups is 1. The van der Waals surface area contributed by atoms with Crippen molar-refractivity contribution in [1.29, 1.82) is 0 Å². The van der Waals surface area contributed by atoms with Crippen LogP contribution in [-0.2, 0) is 0 Å². The van der Waals surface area contributed by atoms with Crippen molar-refractivity contribution in [1.82, 2.24) is 5.32 Å². The summed E-state index contributed by atoms with van der Waals surface area (Å²) in [4.78, 5) is 1.44. The molecule has 16 heavy (non-hydrogen) atoms. The topological polar surface area (TPSA) is 24.1 Å². The summed E-state index contributed by atoms with van der Waals surface area (Å²) in [5.41, 5.74) is 2.84. The van der Waals surface area contributed by atoms with Gasteiger partial charge in [-0.3, -0.25) is 0 Å². The molecular weight excluding hydrogens is 216 g/mol. The number of hydrogen-bond donors (Lipinski definition) is 2. The second kappa shape index (κ2) is 4.68. The van der Waals surface area contributed by atoms with Gasteiger partial charge in [0.05, 0.1) is 0 Å². The van der Waals surface area contributed by atoms with Crippen LogP contribution in [0.4, 0.5) is 5.69 Å². The third-order valence-corrected chi connectivity index (χ3v) is 4.51. The zero-order chi connectivity index (χ0) is 10.8. The maximum atomic E-state index is 3.49. The van der Waals surface area contributed by atoms with Crippen molar-refractivity contribution in [3.8, 4) is 0 Å². The van der Waals surface area contributed by atoms with Gasteiger partial charge >= 0.3 is 0 Å². The molecule has 0 saturated carbocycles. The Hall–Kier alpha value is -0.670. The van der Waals surface area contributed by atoms with Crippen LogP contribution in [0.3, 0.4) is 0 Å². The van der Waals surface area contributed by atoms with E-state index in [4.69, 9.17) is 0 Å². The van der Waals surface area contributed by atoms with E-state index in [1.807, 2.05) is 11.8 Å². The number of rotatable bonds is 1. The maximum Gasteiger partial charge on any atom is 0.0478 e. The number of hydrogen-bond acceptors (Lipinski definition) is 3. The highest BCUT2D eigenvalue weighted by Gasteiger charge is 2.17. The van der Waals surface area contributed by atoms with E-state index in [0.29, 0.717) is 0 Å². The molecule has 0 amide bonds. The van der Waals surface area contributed by atoms with E-state index < -0.39 is 0 Å². The summed E-state index contributed by atoms with van der Waals surface area (Å²) in [7, 11) is 0. The first-order chi connectivity index (χ1) is 7.93. The molecule has 2 aliphatic heterocycles. The number of nitrogens with one attached hydrogen (secondary N) is 2. The summed E-state index contributed by atoms with van der Waals surface area (Å²) in [6.07, 6.45) is 2.65. The molecule has 0 radical (unpaired) electrons. The molecule has 3 heteroatoms. The molecule has 2 heterocycles.